The first-order chi connectivity index (χ1) is 9.41. The second-order valence-corrected chi connectivity index (χ2v) is 5.21. The number of aromatic amines is 1. The Bertz CT molecular complexity index is 588. The number of aromatic nitrogens is 1. The smallest absolute Gasteiger partial charge is 0.378 e. The zero-order valence-electron chi connectivity index (χ0n) is 10.1. The number of thioether (sulfide) groups is 1. The van der Waals surface area contributed by atoms with Gasteiger partial charge in [-0.25, -0.2) is 0 Å². The molecule has 20 heavy (non-hydrogen) atoms. The number of pyridine rings is 1. The molecule has 1 aromatic rings. The summed E-state index contributed by atoms with van der Waals surface area (Å²) in [5.41, 5.74) is -2.69. The van der Waals surface area contributed by atoms with Crippen LogP contribution in [0.25, 0.3) is 0 Å². The number of H-pyrrole nitrogens is 1. The SMILES string of the molecule is N#Cc1c(C(F)(F)F)cc(=O)[nH]c1SC1COCCN1. The predicted molar refractivity (Wildman–Crippen MR) is 65.2 cm³/mol. The molecule has 0 radical (unpaired) electrons. The van der Waals surface area contributed by atoms with Gasteiger partial charge in [0, 0.05) is 12.6 Å². The van der Waals surface area contributed by atoms with Crippen molar-refractivity contribution in [2.75, 3.05) is 19.8 Å². The van der Waals surface area contributed by atoms with E-state index in [0.717, 1.165) is 11.8 Å². The molecule has 1 aromatic heterocycles. The molecule has 1 fully saturated rings. The van der Waals surface area contributed by atoms with Crippen LogP contribution in [-0.4, -0.2) is 30.1 Å². The number of halogens is 3. The number of morpholine rings is 1. The highest BCUT2D eigenvalue weighted by Gasteiger charge is 2.36. The van der Waals surface area contributed by atoms with Crippen LogP contribution in [0.2, 0.25) is 0 Å². The quantitative estimate of drug-likeness (QED) is 0.861. The summed E-state index contributed by atoms with van der Waals surface area (Å²) in [4.78, 5) is 13.6. The van der Waals surface area contributed by atoms with Crippen molar-refractivity contribution in [1.29, 1.82) is 5.26 Å². The Hall–Kier alpha value is -1.50. The van der Waals surface area contributed by atoms with Gasteiger partial charge < -0.3 is 15.0 Å². The number of rotatable bonds is 2. The van der Waals surface area contributed by atoms with Gasteiger partial charge in [0.15, 0.2) is 0 Å². The maximum absolute atomic E-state index is 12.8. The molecule has 0 aliphatic carbocycles. The Morgan fingerprint density at radius 1 is 1.50 bits per heavy atom. The van der Waals surface area contributed by atoms with Crippen LogP contribution in [-0.2, 0) is 10.9 Å². The third kappa shape index (κ3) is 3.33. The Morgan fingerprint density at radius 2 is 2.25 bits per heavy atom. The summed E-state index contributed by atoms with van der Waals surface area (Å²) in [6.07, 6.45) is -4.74. The second kappa shape index (κ2) is 5.87. The summed E-state index contributed by atoms with van der Waals surface area (Å²) in [5.74, 6) is 0. The number of hydrogen-bond donors (Lipinski definition) is 2. The molecule has 1 unspecified atom stereocenters. The van der Waals surface area contributed by atoms with E-state index in [9.17, 15) is 18.0 Å². The molecule has 5 nitrogen and oxygen atoms in total. The van der Waals surface area contributed by atoms with Gasteiger partial charge in [-0.15, -0.1) is 0 Å². The van der Waals surface area contributed by atoms with Gasteiger partial charge >= 0.3 is 6.18 Å². The van der Waals surface area contributed by atoms with Gasteiger partial charge in [-0.1, -0.05) is 11.8 Å². The molecular weight excluding hydrogens is 295 g/mol. The van der Waals surface area contributed by atoms with Gasteiger partial charge in [0.2, 0.25) is 5.56 Å². The van der Waals surface area contributed by atoms with Gasteiger partial charge in [0.05, 0.1) is 34.7 Å². The molecule has 1 aliphatic heterocycles. The van der Waals surface area contributed by atoms with E-state index in [4.69, 9.17) is 10.00 Å². The Balaban J connectivity index is 2.39. The summed E-state index contributed by atoms with van der Waals surface area (Å²) in [7, 11) is 0. The predicted octanol–water partition coefficient (Wildman–Crippen LogP) is 1.30. The lowest BCUT2D eigenvalue weighted by atomic mass is 10.1. The van der Waals surface area contributed by atoms with Crippen LogP contribution in [0.15, 0.2) is 15.9 Å². The van der Waals surface area contributed by atoms with E-state index >= 15 is 0 Å². The fraction of sp³-hybridized carbons (Fsp3) is 0.455. The Labute approximate surface area is 116 Å². The third-order valence-corrected chi connectivity index (χ3v) is 3.70. The summed E-state index contributed by atoms with van der Waals surface area (Å²) in [6.45, 7) is 1.36. The molecule has 108 valence electrons. The molecule has 1 saturated heterocycles. The van der Waals surface area contributed by atoms with Gasteiger partial charge in [-0.3, -0.25) is 4.79 Å². The number of nitrogens with one attached hydrogen (secondary N) is 2. The molecule has 2 heterocycles. The van der Waals surface area contributed by atoms with E-state index in [1.807, 2.05) is 0 Å². The molecule has 1 aliphatic rings. The van der Waals surface area contributed by atoms with Crippen molar-refractivity contribution in [3.05, 3.63) is 27.5 Å². The van der Waals surface area contributed by atoms with Crippen LogP contribution in [0.5, 0.6) is 0 Å². The first-order valence-corrected chi connectivity index (χ1v) is 6.52. The number of ether oxygens (including phenoxy) is 1. The highest BCUT2D eigenvalue weighted by atomic mass is 32.2. The molecule has 0 amide bonds. The van der Waals surface area contributed by atoms with Gasteiger partial charge in [0.25, 0.3) is 0 Å². The van der Waals surface area contributed by atoms with E-state index in [1.54, 1.807) is 0 Å². The first-order valence-electron chi connectivity index (χ1n) is 5.64. The lowest BCUT2D eigenvalue weighted by molar-refractivity contribution is -0.138. The van der Waals surface area contributed by atoms with Gasteiger partial charge in [0.1, 0.15) is 6.07 Å². The number of hydrogen-bond acceptors (Lipinski definition) is 5. The molecule has 1 atom stereocenters. The largest absolute Gasteiger partial charge is 0.417 e. The van der Waals surface area contributed by atoms with Crippen molar-refractivity contribution in [3.8, 4) is 6.07 Å². The Kier molecular flexibility index (Phi) is 4.37. The zero-order valence-corrected chi connectivity index (χ0v) is 10.9. The maximum Gasteiger partial charge on any atom is 0.417 e. The van der Waals surface area contributed by atoms with Crippen LogP contribution in [0.4, 0.5) is 13.2 Å². The van der Waals surface area contributed by atoms with Crippen LogP contribution in [0.3, 0.4) is 0 Å². The average Bonchev–Trinajstić information content (AvgIpc) is 2.38. The van der Waals surface area contributed by atoms with Gasteiger partial charge in [-0.05, 0) is 0 Å². The summed E-state index contributed by atoms with van der Waals surface area (Å²) < 4.78 is 43.6. The maximum atomic E-state index is 12.8. The van der Waals surface area contributed by atoms with Crippen LogP contribution in [0, 0.1) is 11.3 Å². The minimum atomic E-state index is -4.74. The fourth-order valence-corrected chi connectivity index (χ4v) is 2.80. The molecule has 9 heteroatoms. The molecule has 0 bridgehead atoms. The second-order valence-electron chi connectivity index (χ2n) is 4.00. The number of nitriles is 1. The number of nitrogens with zero attached hydrogens (tertiary/aromatic N) is 1. The molecule has 0 saturated carbocycles. The molecule has 0 spiro atoms. The van der Waals surface area contributed by atoms with Crippen molar-refractivity contribution in [2.24, 2.45) is 0 Å². The van der Waals surface area contributed by atoms with Crippen molar-refractivity contribution < 1.29 is 17.9 Å². The van der Waals surface area contributed by atoms with Crippen molar-refractivity contribution in [3.63, 3.8) is 0 Å². The van der Waals surface area contributed by atoms with Crippen LogP contribution in [0.1, 0.15) is 11.1 Å². The van der Waals surface area contributed by atoms with Gasteiger partial charge in [-0.2, -0.15) is 18.4 Å². The lowest BCUT2D eigenvalue weighted by Gasteiger charge is -2.23. The van der Waals surface area contributed by atoms with Crippen molar-refractivity contribution in [1.82, 2.24) is 10.3 Å². The highest BCUT2D eigenvalue weighted by Crippen LogP contribution is 2.34. The van der Waals surface area contributed by atoms with Crippen molar-refractivity contribution >= 4 is 11.8 Å². The first kappa shape index (κ1) is 14.9. The fourth-order valence-electron chi connectivity index (χ4n) is 1.72. The standard InChI is InChI=1S/C11H10F3N3O2S/c12-11(13,14)7-3-8(18)17-10(6(7)4-15)20-9-5-19-2-1-16-9/h3,9,16H,1-2,5H2,(H,17,18). The van der Waals surface area contributed by atoms with Crippen LogP contribution < -0.4 is 10.9 Å². The third-order valence-electron chi connectivity index (χ3n) is 2.57. The topological polar surface area (TPSA) is 77.9 Å². The van der Waals surface area contributed by atoms with E-state index in [1.165, 1.54) is 6.07 Å². The van der Waals surface area contributed by atoms with E-state index in [0.29, 0.717) is 19.2 Å². The normalized spacial score (nSPS) is 19.6. The summed E-state index contributed by atoms with van der Waals surface area (Å²) >= 11 is 0.946. The lowest BCUT2D eigenvalue weighted by Crippen LogP contribution is -2.39. The molecular formula is C11H10F3N3O2S. The van der Waals surface area contributed by atoms with E-state index in [2.05, 4.69) is 10.3 Å². The summed E-state index contributed by atoms with van der Waals surface area (Å²) in [5, 5.41) is 11.6. The molecule has 0 aromatic carbocycles. The van der Waals surface area contributed by atoms with Crippen molar-refractivity contribution in [2.45, 2.75) is 16.6 Å². The molecule has 2 rings (SSSR count). The van der Waals surface area contributed by atoms with Crippen LogP contribution >= 0.6 is 11.8 Å². The zero-order chi connectivity index (χ0) is 14.8. The minimum absolute atomic E-state index is 0.102. The number of alkyl halides is 3. The monoisotopic (exact) mass is 305 g/mol. The minimum Gasteiger partial charge on any atom is -0.378 e. The van der Waals surface area contributed by atoms with E-state index in [-0.39, 0.29) is 17.0 Å². The molecule has 2 N–H and O–H groups in total. The van der Waals surface area contributed by atoms with E-state index < -0.39 is 22.9 Å². The highest BCUT2D eigenvalue weighted by molar-refractivity contribution is 7.99. The average molecular weight is 305 g/mol. The summed E-state index contributed by atoms with van der Waals surface area (Å²) in [6, 6.07) is 1.90. The Morgan fingerprint density at radius 3 is 2.80 bits per heavy atom.